The Bertz CT molecular complexity index is 1280. The predicted molar refractivity (Wildman–Crippen MR) is 140 cm³/mol. The van der Waals surface area contributed by atoms with Gasteiger partial charge in [-0.2, -0.15) is 0 Å². The molecule has 0 radical (unpaired) electrons. The summed E-state index contributed by atoms with van der Waals surface area (Å²) in [6, 6.07) is 29.9. The van der Waals surface area contributed by atoms with Crippen molar-refractivity contribution in [2.45, 2.75) is 60.5 Å². The summed E-state index contributed by atoms with van der Waals surface area (Å²) in [7, 11) is -3.61. The lowest BCUT2D eigenvalue weighted by molar-refractivity contribution is -0.0608. The number of hydrogen-bond donors (Lipinski definition) is 0. The maximum absolute atomic E-state index is 14.7. The zero-order valence-corrected chi connectivity index (χ0v) is 21.0. The van der Waals surface area contributed by atoms with E-state index in [0.29, 0.717) is 10.3 Å². The average molecular weight is 483 g/mol. The van der Waals surface area contributed by atoms with Crippen molar-refractivity contribution in [1.82, 2.24) is 0 Å². The lowest BCUT2D eigenvalue weighted by Gasteiger charge is -2.57. The number of sulfone groups is 1. The van der Waals surface area contributed by atoms with Gasteiger partial charge in [-0.3, -0.25) is 0 Å². The molecule has 0 saturated heterocycles. The van der Waals surface area contributed by atoms with Crippen molar-refractivity contribution < 1.29 is 8.42 Å². The Morgan fingerprint density at radius 3 is 1.69 bits per heavy atom. The van der Waals surface area contributed by atoms with Gasteiger partial charge in [-0.1, -0.05) is 78.9 Å². The quantitative estimate of drug-likeness (QED) is 0.367. The van der Waals surface area contributed by atoms with Crippen LogP contribution in [-0.2, 0) is 14.6 Å². The van der Waals surface area contributed by atoms with Crippen LogP contribution >= 0.6 is 0 Å². The first-order valence-electron chi connectivity index (χ1n) is 13.4. The summed E-state index contributed by atoms with van der Waals surface area (Å²) < 4.78 is 28.5. The molecule has 35 heavy (non-hydrogen) atoms. The number of rotatable bonds is 6. The van der Waals surface area contributed by atoms with Crippen molar-refractivity contribution in [3.8, 4) is 0 Å². The van der Waals surface area contributed by atoms with Crippen LogP contribution in [0.4, 0.5) is 0 Å². The van der Waals surface area contributed by atoms with Crippen LogP contribution in [-0.4, -0.2) is 8.42 Å². The topological polar surface area (TPSA) is 34.1 Å². The second-order valence-electron chi connectivity index (χ2n) is 12.1. The summed E-state index contributed by atoms with van der Waals surface area (Å²) in [5.74, 6) is 2.70. The van der Waals surface area contributed by atoms with Crippen LogP contribution in [0.1, 0.15) is 62.0 Å². The van der Waals surface area contributed by atoms with E-state index in [1.807, 2.05) is 42.5 Å². The van der Waals surface area contributed by atoms with E-state index in [2.05, 4.69) is 36.4 Å². The van der Waals surface area contributed by atoms with Gasteiger partial charge in [-0.25, -0.2) is 8.42 Å². The zero-order valence-electron chi connectivity index (χ0n) is 20.2. The minimum Gasteiger partial charge on any atom is -0.223 e. The van der Waals surface area contributed by atoms with Gasteiger partial charge in [0.15, 0.2) is 9.84 Å². The molecule has 0 heterocycles. The van der Waals surface area contributed by atoms with Crippen LogP contribution in [0.25, 0.3) is 0 Å². The predicted octanol–water partition coefficient (Wildman–Crippen LogP) is 7.38. The normalized spacial score (nSPS) is 37.3. The van der Waals surface area contributed by atoms with Gasteiger partial charge in [-0.15, -0.1) is 0 Å². The molecule has 0 unspecified atom stereocenters. The standard InChI is InChI=1S/C32H34O2S/c33-35(34,28-14-8-3-9-15-28)32(27-12-6-2-7-13-27)29(30(32)26-10-4-1-5-11-26)22-31-19-23-16-24(20-31)18-25(17-23)21-31/h1-15,23-25,29-30H,16-22H2/t23?,24?,25?,29-,30-,31?,32-/m0/s1. The lowest BCUT2D eigenvalue weighted by Crippen LogP contribution is -2.46. The molecule has 4 bridgehead atoms. The van der Waals surface area contributed by atoms with Crippen LogP contribution in [0, 0.1) is 29.1 Å². The fraction of sp³-hybridized carbons (Fsp3) is 0.438. The molecule has 3 heteroatoms. The molecule has 5 fully saturated rings. The maximum atomic E-state index is 14.7. The summed E-state index contributed by atoms with van der Waals surface area (Å²) in [5.41, 5.74) is 2.47. The highest BCUT2D eigenvalue weighted by Gasteiger charge is 2.74. The van der Waals surface area contributed by atoms with Crippen LogP contribution in [0.15, 0.2) is 95.9 Å². The molecule has 5 saturated carbocycles. The maximum Gasteiger partial charge on any atom is 0.189 e. The molecule has 180 valence electrons. The van der Waals surface area contributed by atoms with Crippen LogP contribution in [0.2, 0.25) is 0 Å². The zero-order chi connectivity index (χ0) is 23.7. The van der Waals surface area contributed by atoms with Crippen LogP contribution in [0.3, 0.4) is 0 Å². The third-order valence-electron chi connectivity index (χ3n) is 10.0. The first kappa shape index (κ1) is 21.9. The van der Waals surface area contributed by atoms with Crippen molar-refractivity contribution in [2.24, 2.45) is 29.1 Å². The van der Waals surface area contributed by atoms with E-state index in [4.69, 9.17) is 0 Å². The minimum absolute atomic E-state index is 0.00990. The average Bonchev–Trinajstić information content (AvgIpc) is 3.53. The largest absolute Gasteiger partial charge is 0.223 e. The summed E-state index contributed by atoms with van der Waals surface area (Å²) in [6.45, 7) is 0. The Labute approximate surface area is 209 Å². The van der Waals surface area contributed by atoms with E-state index >= 15 is 0 Å². The van der Waals surface area contributed by atoms with Gasteiger partial charge in [0.05, 0.1) is 4.90 Å². The van der Waals surface area contributed by atoms with Gasteiger partial charge in [0.2, 0.25) is 0 Å². The van der Waals surface area contributed by atoms with Crippen LogP contribution in [0.5, 0.6) is 0 Å². The molecule has 0 spiro atoms. The van der Waals surface area contributed by atoms with Gasteiger partial charge in [0, 0.05) is 5.92 Å². The first-order valence-corrected chi connectivity index (χ1v) is 14.9. The molecule has 0 aliphatic heterocycles. The molecule has 5 aliphatic rings. The molecule has 0 N–H and O–H groups in total. The van der Waals surface area contributed by atoms with Crippen molar-refractivity contribution >= 4 is 9.84 Å². The van der Waals surface area contributed by atoms with Crippen molar-refractivity contribution in [3.63, 3.8) is 0 Å². The van der Waals surface area contributed by atoms with Crippen molar-refractivity contribution in [3.05, 3.63) is 102 Å². The van der Waals surface area contributed by atoms with Gasteiger partial charge in [0.1, 0.15) is 4.75 Å². The Kier molecular flexibility index (Phi) is 4.87. The molecule has 2 nitrogen and oxygen atoms in total. The van der Waals surface area contributed by atoms with E-state index < -0.39 is 14.6 Å². The molecule has 3 aromatic carbocycles. The molecule has 8 rings (SSSR count). The van der Waals surface area contributed by atoms with Gasteiger partial charge in [0.25, 0.3) is 0 Å². The highest BCUT2D eigenvalue weighted by Crippen LogP contribution is 2.75. The Hall–Kier alpha value is -2.39. The number of hydrogen-bond acceptors (Lipinski definition) is 2. The minimum atomic E-state index is -3.61. The van der Waals surface area contributed by atoms with Crippen LogP contribution < -0.4 is 0 Å². The lowest BCUT2D eigenvalue weighted by atomic mass is 9.48. The molecule has 3 atom stereocenters. The summed E-state index contributed by atoms with van der Waals surface area (Å²) in [5, 5.41) is 0. The monoisotopic (exact) mass is 482 g/mol. The SMILES string of the molecule is O=S(=O)(c1ccccc1)[C@@]1(c2ccccc2)[C@@H](CC23CC4CC(CC(C4)C2)C3)[C@@H]1c1ccccc1. The Morgan fingerprint density at radius 2 is 1.14 bits per heavy atom. The highest BCUT2D eigenvalue weighted by molar-refractivity contribution is 7.92. The molecule has 0 aromatic heterocycles. The Balaban J connectivity index is 1.39. The molecule has 0 amide bonds. The molecular formula is C32H34O2S. The first-order chi connectivity index (χ1) is 17.0. The summed E-state index contributed by atoms with van der Waals surface area (Å²) >= 11 is 0. The third-order valence-corrected chi connectivity index (χ3v) is 12.6. The Morgan fingerprint density at radius 1 is 0.657 bits per heavy atom. The van der Waals surface area contributed by atoms with Gasteiger partial charge in [-0.05, 0) is 97.3 Å². The molecule has 5 aliphatic carbocycles. The van der Waals surface area contributed by atoms with E-state index in [1.54, 1.807) is 12.1 Å². The summed E-state index contributed by atoms with van der Waals surface area (Å²) in [6.07, 6.45) is 9.22. The molecular weight excluding hydrogens is 448 g/mol. The second-order valence-corrected chi connectivity index (χ2v) is 14.2. The summed E-state index contributed by atoms with van der Waals surface area (Å²) in [4.78, 5) is 0.456. The van der Waals surface area contributed by atoms with E-state index in [9.17, 15) is 8.42 Å². The fourth-order valence-electron chi connectivity index (χ4n) is 9.26. The van der Waals surface area contributed by atoms with Gasteiger partial charge < -0.3 is 0 Å². The van der Waals surface area contributed by atoms with Crippen molar-refractivity contribution in [2.75, 3.05) is 0 Å². The van der Waals surface area contributed by atoms with Crippen molar-refractivity contribution in [1.29, 1.82) is 0 Å². The van der Waals surface area contributed by atoms with Gasteiger partial charge >= 0.3 is 0 Å². The number of benzene rings is 3. The van der Waals surface area contributed by atoms with E-state index in [0.717, 1.165) is 29.7 Å². The third kappa shape index (κ3) is 3.23. The van der Waals surface area contributed by atoms with E-state index in [-0.39, 0.29) is 11.8 Å². The smallest absolute Gasteiger partial charge is 0.189 e. The molecule has 3 aromatic rings. The second kappa shape index (κ2) is 7.80. The fourth-order valence-corrected chi connectivity index (χ4v) is 11.8. The highest BCUT2D eigenvalue weighted by atomic mass is 32.2. The van der Waals surface area contributed by atoms with E-state index in [1.165, 1.54) is 44.1 Å².